The molecule has 1 N–H and O–H groups in total. The summed E-state index contributed by atoms with van der Waals surface area (Å²) in [5.74, 6) is -6.33. The SMILES string of the molecule is CN1C[C@H](c2cc(C(F)(F)F)nn2C)[C@@H](C(=O)Nc2ccc(F)nc2F)C1=O. The van der Waals surface area contributed by atoms with Crippen molar-refractivity contribution in [2.75, 3.05) is 18.9 Å². The Hall–Kier alpha value is -3.05. The fourth-order valence-electron chi connectivity index (χ4n) is 3.14. The van der Waals surface area contributed by atoms with E-state index in [0.29, 0.717) is 0 Å². The quantitative estimate of drug-likeness (QED) is 0.483. The van der Waals surface area contributed by atoms with Gasteiger partial charge in [-0.25, -0.2) is 0 Å². The number of aromatic nitrogens is 3. The van der Waals surface area contributed by atoms with Crippen LogP contribution in [-0.4, -0.2) is 45.1 Å². The molecule has 0 unspecified atom stereocenters. The minimum atomic E-state index is -4.69. The maximum atomic E-state index is 13.7. The van der Waals surface area contributed by atoms with Gasteiger partial charge in [-0.15, -0.1) is 0 Å². The van der Waals surface area contributed by atoms with Crippen LogP contribution in [-0.2, 0) is 22.8 Å². The summed E-state index contributed by atoms with van der Waals surface area (Å²) in [5, 5.41) is 5.54. The van der Waals surface area contributed by atoms with Gasteiger partial charge in [-0.05, 0) is 18.2 Å². The Labute approximate surface area is 155 Å². The standard InChI is InChI=1S/C16H14F5N5O2/c1-25-6-7(9-5-10(16(19,20)21)24-26(9)2)12(15(25)28)14(27)22-8-3-4-11(17)23-13(8)18/h3-5,7,12H,6H2,1-2H3,(H,22,27)/t7-,12+/m1/s1. The van der Waals surface area contributed by atoms with Crippen molar-refractivity contribution in [3.05, 3.63) is 41.5 Å². The van der Waals surface area contributed by atoms with Gasteiger partial charge in [-0.1, -0.05) is 0 Å². The first-order valence-electron chi connectivity index (χ1n) is 7.98. The molecule has 1 saturated heterocycles. The van der Waals surface area contributed by atoms with Gasteiger partial charge < -0.3 is 10.2 Å². The van der Waals surface area contributed by atoms with Crippen LogP contribution in [0.3, 0.4) is 0 Å². The van der Waals surface area contributed by atoms with Crippen LogP contribution in [0.5, 0.6) is 0 Å². The van der Waals surface area contributed by atoms with Crippen molar-refractivity contribution in [3.8, 4) is 0 Å². The summed E-state index contributed by atoms with van der Waals surface area (Å²) in [6.07, 6.45) is -4.69. The second-order valence-electron chi connectivity index (χ2n) is 6.34. The van der Waals surface area contributed by atoms with E-state index < -0.39 is 53.1 Å². The molecule has 3 heterocycles. The molecule has 2 aromatic heterocycles. The summed E-state index contributed by atoms with van der Waals surface area (Å²) in [6.45, 7) is -0.0299. The summed E-state index contributed by atoms with van der Waals surface area (Å²) in [5.41, 5.74) is -1.57. The van der Waals surface area contributed by atoms with Crippen molar-refractivity contribution in [3.63, 3.8) is 0 Å². The number of nitrogens with one attached hydrogen (secondary N) is 1. The molecule has 0 spiro atoms. The number of alkyl halides is 3. The summed E-state index contributed by atoms with van der Waals surface area (Å²) >= 11 is 0. The number of hydrogen-bond donors (Lipinski definition) is 1. The third-order valence-corrected chi connectivity index (χ3v) is 4.46. The van der Waals surface area contributed by atoms with E-state index in [1.54, 1.807) is 0 Å². The van der Waals surface area contributed by atoms with Gasteiger partial charge in [0, 0.05) is 32.3 Å². The van der Waals surface area contributed by atoms with Gasteiger partial charge >= 0.3 is 6.18 Å². The number of likely N-dealkylation sites (tertiary alicyclic amines) is 1. The minimum absolute atomic E-state index is 0.0299. The number of amides is 2. The van der Waals surface area contributed by atoms with E-state index in [0.717, 1.165) is 22.9 Å². The van der Waals surface area contributed by atoms with Crippen LogP contribution in [0.4, 0.5) is 27.6 Å². The van der Waals surface area contributed by atoms with Gasteiger partial charge in [-0.2, -0.15) is 32.0 Å². The first-order chi connectivity index (χ1) is 13.0. The highest BCUT2D eigenvalue weighted by molar-refractivity contribution is 6.08. The van der Waals surface area contributed by atoms with Crippen molar-refractivity contribution in [1.29, 1.82) is 0 Å². The molecule has 1 aliphatic rings. The zero-order valence-electron chi connectivity index (χ0n) is 14.6. The van der Waals surface area contributed by atoms with E-state index in [1.165, 1.54) is 19.0 Å². The van der Waals surface area contributed by atoms with Crippen molar-refractivity contribution >= 4 is 17.5 Å². The van der Waals surface area contributed by atoms with Gasteiger partial charge in [0.1, 0.15) is 5.92 Å². The van der Waals surface area contributed by atoms with E-state index >= 15 is 0 Å². The topological polar surface area (TPSA) is 80.1 Å². The third kappa shape index (κ3) is 3.53. The lowest BCUT2D eigenvalue weighted by molar-refractivity contribution is -0.141. The number of carbonyl (C=O) groups excluding carboxylic acids is 2. The summed E-state index contributed by atoms with van der Waals surface area (Å²) in [4.78, 5) is 29.1. The largest absolute Gasteiger partial charge is 0.435 e. The number of nitrogens with zero attached hydrogens (tertiary/aromatic N) is 4. The maximum absolute atomic E-state index is 13.7. The normalized spacial score (nSPS) is 20.0. The van der Waals surface area contributed by atoms with Crippen LogP contribution in [0.2, 0.25) is 0 Å². The average Bonchev–Trinajstić information content (AvgIpc) is 3.10. The molecule has 12 heteroatoms. The van der Waals surface area contributed by atoms with Crippen LogP contribution in [0.15, 0.2) is 18.2 Å². The molecule has 2 aromatic rings. The minimum Gasteiger partial charge on any atom is -0.344 e. The lowest BCUT2D eigenvalue weighted by atomic mass is 9.91. The van der Waals surface area contributed by atoms with E-state index in [-0.39, 0.29) is 12.2 Å². The predicted octanol–water partition coefficient (Wildman–Crippen LogP) is 1.92. The van der Waals surface area contributed by atoms with Gasteiger partial charge in [-0.3, -0.25) is 14.3 Å². The van der Waals surface area contributed by atoms with Gasteiger partial charge in [0.2, 0.25) is 23.7 Å². The molecule has 150 valence electrons. The summed E-state index contributed by atoms with van der Waals surface area (Å²) in [7, 11) is 2.66. The predicted molar refractivity (Wildman–Crippen MR) is 84.9 cm³/mol. The highest BCUT2D eigenvalue weighted by atomic mass is 19.4. The number of carbonyl (C=O) groups is 2. The van der Waals surface area contributed by atoms with Gasteiger partial charge in [0.15, 0.2) is 5.69 Å². The smallest absolute Gasteiger partial charge is 0.344 e. The summed E-state index contributed by atoms with van der Waals surface area (Å²) < 4.78 is 66.3. The Kier molecular flexibility index (Phi) is 4.81. The zero-order valence-corrected chi connectivity index (χ0v) is 14.6. The van der Waals surface area contributed by atoms with Crippen LogP contribution in [0.1, 0.15) is 17.3 Å². The summed E-state index contributed by atoms with van der Waals surface area (Å²) in [6, 6.07) is 2.52. The molecule has 1 fully saturated rings. The average molecular weight is 403 g/mol. The Morgan fingerprint density at radius 1 is 1.25 bits per heavy atom. The Balaban J connectivity index is 1.93. The highest BCUT2D eigenvalue weighted by Crippen LogP contribution is 2.37. The maximum Gasteiger partial charge on any atom is 0.435 e. The highest BCUT2D eigenvalue weighted by Gasteiger charge is 2.47. The van der Waals surface area contributed by atoms with Crippen LogP contribution >= 0.6 is 0 Å². The number of halogens is 5. The zero-order chi connectivity index (χ0) is 20.8. The molecule has 2 amide bonds. The molecule has 2 atom stereocenters. The van der Waals surface area contributed by atoms with Gasteiger partial charge in [0.05, 0.1) is 5.69 Å². The molecular formula is C16H14F5N5O2. The van der Waals surface area contributed by atoms with E-state index in [9.17, 15) is 31.5 Å². The van der Waals surface area contributed by atoms with Crippen LogP contribution < -0.4 is 5.32 Å². The Bertz CT molecular complexity index is 942. The molecule has 0 aromatic carbocycles. The van der Waals surface area contributed by atoms with E-state index in [1.807, 2.05) is 0 Å². The fourth-order valence-corrected chi connectivity index (χ4v) is 3.14. The Morgan fingerprint density at radius 2 is 1.93 bits per heavy atom. The van der Waals surface area contributed by atoms with Crippen molar-refractivity contribution in [2.45, 2.75) is 12.1 Å². The number of pyridine rings is 1. The van der Waals surface area contributed by atoms with Crippen molar-refractivity contribution < 1.29 is 31.5 Å². The first-order valence-corrected chi connectivity index (χ1v) is 7.98. The number of hydrogen-bond acceptors (Lipinski definition) is 4. The number of anilines is 1. The molecular weight excluding hydrogens is 389 g/mol. The first kappa shape index (κ1) is 19.7. The molecule has 3 rings (SSSR count). The van der Waals surface area contributed by atoms with E-state index in [4.69, 9.17) is 0 Å². The molecule has 1 aliphatic heterocycles. The van der Waals surface area contributed by atoms with Crippen molar-refractivity contribution in [1.82, 2.24) is 19.7 Å². The third-order valence-electron chi connectivity index (χ3n) is 4.46. The van der Waals surface area contributed by atoms with E-state index in [2.05, 4.69) is 15.4 Å². The Morgan fingerprint density at radius 3 is 2.50 bits per heavy atom. The second kappa shape index (κ2) is 6.84. The van der Waals surface area contributed by atoms with Crippen LogP contribution in [0, 0.1) is 17.8 Å². The van der Waals surface area contributed by atoms with Crippen LogP contribution in [0.25, 0.3) is 0 Å². The molecule has 7 nitrogen and oxygen atoms in total. The van der Waals surface area contributed by atoms with Crippen molar-refractivity contribution in [2.24, 2.45) is 13.0 Å². The molecule has 0 radical (unpaired) electrons. The molecule has 0 aliphatic carbocycles. The lowest BCUT2D eigenvalue weighted by Gasteiger charge is -2.16. The molecule has 28 heavy (non-hydrogen) atoms. The second-order valence-corrected chi connectivity index (χ2v) is 6.34. The number of likely N-dealkylation sites (N-methyl/N-ethyl adjacent to an activating group) is 1. The number of aryl methyl sites for hydroxylation is 1. The number of rotatable bonds is 3. The molecule has 0 bridgehead atoms. The molecule has 0 saturated carbocycles. The van der Waals surface area contributed by atoms with Gasteiger partial charge in [0.25, 0.3) is 0 Å². The monoisotopic (exact) mass is 403 g/mol. The fraction of sp³-hybridized carbons (Fsp3) is 0.375. The lowest BCUT2D eigenvalue weighted by Crippen LogP contribution is -2.33.